The first-order valence-electron chi connectivity index (χ1n) is 4.94. The molecule has 0 aliphatic heterocycles. The summed E-state index contributed by atoms with van der Waals surface area (Å²) in [5.41, 5.74) is 1.27. The average molecular weight is 184 g/mol. The highest BCUT2D eigenvalue weighted by atomic mass is 16.4. The molecule has 0 fully saturated rings. The van der Waals surface area contributed by atoms with Crippen LogP contribution in [0.2, 0.25) is 6.82 Å². The van der Waals surface area contributed by atoms with Gasteiger partial charge in [-0.15, -0.1) is 0 Å². The van der Waals surface area contributed by atoms with E-state index < -0.39 is 0 Å². The highest BCUT2D eigenvalue weighted by molar-refractivity contribution is 6.26. The van der Waals surface area contributed by atoms with Gasteiger partial charge in [0.25, 0.3) is 0 Å². The first-order chi connectivity index (χ1) is 6.83. The lowest BCUT2D eigenvalue weighted by Gasteiger charge is -2.09. The Hall–Kier alpha value is -1.44. The maximum Gasteiger partial charge on any atom is 0.336 e. The minimum absolute atomic E-state index is 0.716. The second-order valence-electron chi connectivity index (χ2n) is 3.36. The van der Waals surface area contributed by atoms with Crippen LogP contribution >= 0.6 is 0 Å². The van der Waals surface area contributed by atoms with Gasteiger partial charge in [0.1, 0.15) is 5.75 Å². The lowest BCUT2D eigenvalue weighted by atomic mass is 10.0. The molecule has 0 saturated carbocycles. The van der Waals surface area contributed by atoms with Crippen LogP contribution in [0.15, 0.2) is 36.4 Å². The van der Waals surface area contributed by atoms with E-state index in [1.807, 2.05) is 19.0 Å². The van der Waals surface area contributed by atoms with Crippen LogP contribution in [0.1, 0.15) is 5.56 Å². The zero-order valence-electron chi connectivity index (χ0n) is 8.58. The van der Waals surface area contributed by atoms with E-state index in [0.717, 1.165) is 5.75 Å². The Morgan fingerprint density at radius 2 is 1.79 bits per heavy atom. The number of aryl methyl sites for hydroxylation is 1. The second kappa shape index (κ2) is 3.75. The number of benzene rings is 2. The molecule has 2 heteroatoms. The molecule has 0 spiro atoms. The molecule has 0 radical (unpaired) electrons. The molecule has 0 amide bonds. The first kappa shape index (κ1) is 9.13. The zero-order chi connectivity index (χ0) is 9.97. The number of hydrogen-bond donors (Lipinski definition) is 0. The molecule has 2 rings (SSSR count). The average Bonchev–Trinajstić information content (AvgIpc) is 2.19. The molecule has 0 N–H and O–H groups in total. The number of hydrogen-bond acceptors (Lipinski definition) is 1. The van der Waals surface area contributed by atoms with Crippen LogP contribution in [0.25, 0.3) is 10.8 Å². The van der Waals surface area contributed by atoms with E-state index in [2.05, 4.69) is 31.2 Å². The van der Waals surface area contributed by atoms with Gasteiger partial charge in [-0.1, -0.05) is 37.2 Å². The molecule has 70 valence electrons. The van der Waals surface area contributed by atoms with Gasteiger partial charge >= 0.3 is 7.48 Å². The minimum Gasteiger partial charge on any atom is -0.564 e. The van der Waals surface area contributed by atoms with E-state index in [-0.39, 0.29) is 0 Å². The molecule has 2 aromatic rings. The molecule has 14 heavy (non-hydrogen) atoms. The fraction of sp³-hybridized carbons (Fsp3) is 0.167. The third kappa shape index (κ3) is 1.48. The summed E-state index contributed by atoms with van der Waals surface area (Å²) in [5.74, 6) is 0.989. The Bertz CT molecular complexity index is 446. The summed E-state index contributed by atoms with van der Waals surface area (Å²) in [6, 6.07) is 12.5. The van der Waals surface area contributed by atoms with Crippen molar-refractivity contribution in [2.75, 3.05) is 0 Å². The minimum atomic E-state index is 0.716. The monoisotopic (exact) mass is 184 g/mol. The van der Waals surface area contributed by atoms with E-state index >= 15 is 0 Å². The van der Waals surface area contributed by atoms with Crippen molar-refractivity contribution in [1.82, 2.24) is 0 Å². The van der Waals surface area contributed by atoms with Gasteiger partial charge in [-0.2, -0.15) is 0 Å². The van der Waals surface area contributed by atoms with Crippen molar-refractivity contribution >= 4 is 18.3 Å². The van der Waals surface area contributed by atoms with E-state index in [1.54, 1.807) is 0 Å². The third-order valence-electron chi connectivity index (χ3n) is 2.37. The van der Waals surface area contributed by atoms with Gasteiger partial charge < -0.3 is 4.65 Å². The molecule has 0 aliphatic carbocycles. The fourth-order valence-electron chi connectivity index (χ4n) is 1.76. The van der Waals surface area contributed by atoms with Crippen LogP contribution in [0.5, 0.6) is 5.75 Å². The Kier molecular flexibility index (Phi) is 2.44. The van der Waals surface area contributed by atoms with Crippen molar-refractivity contribution < 1.29 is 4.65 Å². The van der Waals surface area contributed by atoms with Crippen molar-refractivity contribution in [2.24, 2.45) is 0 Å². The van der Waals surface area contributed by atoms with Gasteiger partial charge in [0.2, 0.25) is 0 Å². The fourth-order valence-corrected chi connectivity index (χ4v) is 1.76. The largest absolute Gasteiger partial charge is 0.564 e. The van der Waals surface area contributed by atoms with Gasteiger partial charge in [0, 0.05) is 5.39 Å². The quantitative estimate of drug-likeness (QED) is 0.652. The third-order valence-corrected chi connectivity index (χ3v) is 2.37. The van der Waals surface area contributed by atoms with E-state index in [9.17, 15) is 0 Å². The van der Waals surface area contributed by atoms with Gasteiger partial charge in [0.15, 0.2) is 0 Å². The molecule has 0 heterocycles. The second-order valence-corrected chi connectivity index (χ2v) is 3.36. The SMILES string of the molecule is CBOc1cccc2cccc(C)c12. The van der Waals surface area contributed by atoms with Gasteiger partial charge in [0.05, 0.1) is 0 Å². The Morgan fingerprint density at radius 1 is 1.07 bits per heavy atom. The maximum atomic E-state index is 5.60. The summed E-state index contributed by atoms with van der Waals surface area (Å²) in [7, 11) is 0.716. The highest BCUT2D eigenvalue weighted by Gasteiger charge is 2.02. The highest BCUT2D eigenvalue weighted by Crippen LogP contribution is 2.28. The van der Waals surface area contributed by atoms with E-state index in [1.165, 1.54) is 16.3 Å². The lowest BCUT2D eigenvalue weighted by Crippen LogP contribution is -1.96. The van der Waals surface area contributed by atoms with Crippen molar-refractivity contribution in [3.05, 3.63) is 42.0 Å². The summed E-state index contributed by atoms with van der Waals surface area (Å²) >= 11 is 0. The summed E-state index contributed by atoms with van der Waals surface area (Å²) in [6.45, 7) is 4.13. The van der Waals surface area contributed by atoms with Crippen LogP contribution < -0.4 is 4.65 Å². The van der Waals surface area contributed by atoms with Gasteiger partial charge in [-0.25, -0.2) is 0 Å². The molecular formula is C12H13BO. The Labute approximate surface area is 85.0 Å². The molecule has 0 unspecified atom stereocenters. The van der Waals surface area contributed by atoms with E-state index in [0.29, 0.717) is 7.48 Å². The van der Waals surface area contributed by atoms with Crippen molar-refractivity contribution in [3.63, 3.8) is 0 Å². The van der Waals surface area contributed by atoms with Gasteiger partial charge in [-0.05, 0) is 23.9 Å². The Morgan fingerprint density at radius 3 is 2.50 bits per heavy atom. The van der Waals surface area contributed by atoms with Crippen LogP contribution in [0.4, 0.5) is 0 Å². The van der Waals surface area contributed by atoms with Crippen molar-refractivity contribution in [3.8, 4) is 5.75 Å². The Balaban J connectivity index is 2.71. The smallest absolute Gasteiger partial charge is 0.336 e. The standard InChI is InChI=1S/C12H13BO/c1-9-5-3-6-10-7-4-8-11(12(9)10)14-13-2/h3-8,13H,1-2H3. The summed E-state index contributed by atoms with van der Waals surface area (Å²) < 4.78 is 5.60. The van der Waals surface area contributed by atoms with Crippen molar-refractivity contribution in [2.45, 2.75) is 13.7 Å². The maximum absolute atomic E-state index is 5.60. The molecule has 0 bridgehead atoms. The lowest BCUT2D eigenvalue weighted by molar-refractivity contribution is 0.607. The molecule has 0 saturated heterocycles. The van der Waals surface area contributed by atoms with Gasteiger partial charge in [-0.3, -0.25) is 0 Å². The molecular weight excluding hydrogens is 171 g/mol. The summed E-state index contributed by atoms with van der Waals surface area (Å²) in [6.07, 6.45) is 0. The summed E-state index contributed by atoms with van der Waals surface area (Å²) in [5, 5.41) is 2.48. The van der Waals surface area contributed by atoms with Crippen LogP contribution in [0, 0.1) is 6.92 Å². The zero-order valence-corrected chi connectivity index (χ0v) is 8.58. The van der Waals surface area contributed by atoms with Crippen molar-refractivity contribution in [1.29, 1.82) is 0 Å². The molecule has 2 aromatic carbocycles. The first-order valence-corrected chi connectivity index (χ1v) is 4.94. The number of rotatable bonds is 2. The summed E-state index contributed by atoms with van der Waals surface area (Å²) in [4.78, 5) is 0. The molecule has 0 aromatic heterocycles. The number of fused-ring (bicyclic) bond motifs is 1. The molecule has 0 atom stereocenters. The predicted molar refractivity (Wildman–Crippen MR) is 62.3 cm³/mol. The van der Waals surface area contributed by atoms with Crippen LogP contribution in [-0.4, -0.2) is 7.48 Å². The topological polar surface area (TPSA) is 9.23 Å². The normalized spacial score (nSPS) is 10.1. The molecule has 1 nitrogen and oxygen atoms in total. The van der Waals surface area contributed by atoms with E-state index in [4.69, 9.17) is 4.65 Å². The van der Waals surface area contributed by atoms with Crippen LogP contribution in [0.3, 0.4) is 0 Å². The van der Waals surface area contributed by atoms with Crippen LogP contribution in [-0.2, 0) is 0 Å². The molecule has 0 aliphatic rings. The predicted octanol–water partition coefficient (Wildman–Crippen LogP) is 2.93.